The molecule has 0 saturated carbocycles. The molecule has 0 spiro atoms. The van der Waals surface area contributed by atoms with Crippen molar-refractivity contribution in [3.05, 3.63) is 82.1 Å². The molecule has 2 aromatic carbocycles. The molecule has 12 heteroatoms. The molecule has 0 aliphatic carbocycles. The zero-order chi connectivity index (χ0) is 23.7. The lowest BCUT2D eigenvalue weighted by atomic mass is 10.1. The van der Waals surface area contributed by atoms with E-state index in [0.717, 1.165) is 24.3 Å². The van der Waals surface area contributed by atoms with Crippen LogP contribution >= 0.6 is 11.6 Å². The molecule has 32 heavy (non-hydrogen) atoms. The van der Waals surface area contributed by atoms with Gasteiger partial charge in [0.05, 0.1) is 5.56 Å². The van der Waals surface area contributed by atoms with Crippen LogP contribution in [0.2, 0.25) is 5.02 Å². The molecule has 3 aromatic rings. The van der Waals surface area contributed by atoms with Crippen molar-refractivity contribution >= 4 is 23.4 Å². The molecule has 3 rings (SSSR count). The summed E-state index contributed by atoms with van der Waals surface area (Å²) in [5, 5.41) is 3.49. The molecule has 2 N–H and O–H groups in total. The van der Waals surface area contributed by atoms with Crippen LogP contribution in [0.1, 0.15) is 27.2 Å². The second kappa shape index (κ2) is 8.58. The van der Waals surface area contributed by atoms with Crippen molar-refractivity contribution in [2.24, 2.45) is 10.9 Å². The third-order valence-electron chi connectivity index (χ3n) is 4.05. The van der Waals surface area contributed by atoms with E-state index in [9.17, 15) is 31.1 Å². The second-order valence-corrected chi connectivity index (χ2v) is 6.73. The van der Waals surface area contributed by atoms with Crippen LogP contribution in [0.25, 0.3) is 11.3 Å². The summed E-state index contributed by atoms with van der Waals surface area (Å²) in [6.45, 7) is 0. The summed E-state index contributed by atoms with van der Waals surface area (Å²) in [6.07, 6.45) is -9.71. The van der Waals surface area contributed by atoms with Crippen molar-refractivity contribution in [2.45, 2.75) is 12.4 Å². The van der Waals surface area contributed by atoms with Gasteiger partial charge < -0.3 is 15.0 Å². The Kier molecular flexibility index (Phi) is 6.22. The first kappa shape index (κ1) is 23.2. The minimum Gasteiger partial charge on any atom is -0.451 e. The topological polar surface area (TPSA) is 77.8 Å². The number of carbonyl (C=O) groups is 1. The maximum Gasteiger partial charge on any atom is 0.450 e. The monoisotopic (exact) mass is 476 g/mol. The van der Waals surface area contributed by atoms with Crippen LogP contribution in [0, 0.1) is 0 Å². The lowest BCUT2D eigenvalue weighted by Crippen LogP contribution is -2.17. The van der Waals surface area contributed by atoms with Crippen molar-refractivity contribution in [2.75, 3.05) is 0 Å². The van der Waals surface area contributed by atoms with E-state index in [1.165, 1.54) is 24.3 Å². The van der Waals surface area contributed by atoms with Gasteiger partial charge in [-0.2, -0.15) is 26.3 Å². The number of amidine groups is 1. The summed E-state index contributed by atoms with van der Waals surface area (Å²) in [5.41, 5.74) is 3.43. The van der Waals surface area contributed by atoms with Gasteiger partial charge in [-0.25, -0.2) is 4.79 Å². The van der Waals surface area contributed by atoms with Gasteiger partial charge in [0, 0.05) is 16.1 Å². The first-order chi connectivity index (χ1) is 14.9. The van der Waals surface area contributed by atoms with E-state index in [-0.39, 0.29) is 16.9 Å². The van der Waals surface area contributed by atoms with Crippen LogP contribution in [0.15, 0.2) is 64.2 Å². The number of hydrogen-bond donors (Lipinski definition) is 1. The molecular weight excluding hydrogens is 466 g/mol. The van der Waals surface area contributed by atoms with E-state index in [0.29, 0.717) is 11.1 Å². The summed E-state index contributed by atoms with van der Waals surface area (Å²) in [7, 11) is 0. The number of halogens is 7. The van der Waals surface area contributed by atoms with Crippen molar-refractivity contribution in [3.8, 4) is 11.3 Å². The lowest BCUT2D eigenvalue weighted by molar-refractivity contribution is -0.153. The lowest BCUT2D eigenvalue weighted by Gasteiger charge is -2.08. The Hall–Kier alpha value is -3.47. The number of nitrogens with two attached hydrogens (primary N) is 1. The highest BCUT2D eigenvalue weighted by molar-refractivity contribution is 6.30. The van der Waals surface area contributed by atoms with E-state index in [2.05, 4.69) is 9.99 Å². The van der Waals surface area contributed by atoms with E-state index < -0.39 is 41.0 Å². The average Bonchev–Trinajstić information content (AvgIpc) is 3.18. The summed E-state index contributed by atoms with van der Waals surface area (Å²) >= 11 is 5.74. The largest absolute Gasteiger partial charge is 0.451 e. The Bertz CT molecular complexity index is 1170. The van der Waals surface area contributed by atoms with Gasteiger partial charge in [-0.15, -0.1) is 0 Å². The molecule has 5 nitrogen and oxygen atoms in total. The first-order valence-corrected chi connectivity index (χ1v) is 8.93. The Morgan fingerprint density at radius 2 is 1.62 bits per heavy atom. The molecule has 0 aliphatic heterocycles. The summed E-state index contributed by atoms with van der Waals surface area (Å²) in [6, 6.07) is 9.98. The molecule has 0 amide bonds. The number of oxime groups is 1. The Morgan fingerprint density at radius 1 is 0.969 bits per heavy atom. The fourth-order valence-corrected chi connectivity index (χ4v) is 2.68. The number of furan rings is 1. The number of rotatable bonds is 4. The highest BCUT2D eigenvalue weighted by atomic mass is 35.5. The molecule has 1 heterocycles. The van der Waals surface area contributed by atoms with E-state index in [1.54, 1.807) is 0 Å². The molecule has 1 aromatic heterocycles. The van der Waals surface area contributed by atoms with Gasteiger partial charge in [0.25, 0.3) is 0 Å². The Balaban J connectivity index is 1.89. The summed E-state index contributed by atoms with van der Waals surface area (Å²) < 4.78 is 83.2. The third-order valence-corrected chi connectivity index (χ3v) is 4.30. The van der Waals surface area contributed by atoms with Gasteiger partial charge in [0.15, 0.2) is 5.84 Å². The molecule has 0 aliphatic rings. The molecule has 168 valence electrons. The molecule has 0 unspecified atom stereocenters. The zero-order valence-electron chi connectivity index (χ0n) is 15.6. The highest BCUT2D eigenvalue weighted by Crippen LogP contribution is 2.38. The molecular formula is C20H11ClF6N2O3. The maximum absolute atomic E-state index is 13.3. The predicted octanol–water partition coefficient (Wildman–Crippen LogP) is 6.11. The van der Waals surface area contributed by atoms with E-state index in [1.807, 2.05) is 0 Å². The number of alkyl halides is 6. The Morgan fingerprint density at radius 3 is 2.22 bits per heavy atom. The van der Waals surface area contributed by atoms with E-state index in [4.69, 9.17) is 21.8 Å². The van der Waals surface area contributed by atoms with Crippen molar-refractivity contribution < 1.29 is 40.4 Å². The third kappa shape index (κ3) is 5.22. The van der Waals surface area contributed by atoms with Crippen LogP contribution in [0.5, 0.6) is 0 Å². The zero-order valence-corrected chi connectivity index (χ0v) is 16.3. The number of nitrogens with zero attached hydrogens (tertiary/aromatic N) is 1. The van der Waals surface area contributed by atoms with Gasteiger partial charge >= 0.3 is 18.3 Å². The summed E-state index contributed by atoms with van der Waals surface area (Å²) in [4.78, 5) is 16.7. The highest BCUT2D eigenvalue weighted by Gasteiger charge is 2.41. The fourth-order valence-electron chi connectivity index (χ4n) is 2.56. The molecule has 0 radical (unpaired) electrons. The van der Waals surface area contributed by atoms with Gasteiger partial charge in [0.1, 0.15) is 11.3 Å². The maximum atomic E-state index is 13.3. The van der Waals surface area contributed by atoms with Gasteiger partial charge in [-0.05, 0) is 42.5 Å². The van der Waals surface area contributed by atoms with Gasteiger partial charge in [-0.3, -0.25) is 0 Å². The van der Waals surface area contributed by atoms with E-state index >= 15 is 0 Å². The molecule has 0 atom stereocenters. The minimum absolute atomic E-state index is 0.200. The summed E-state index contributed by atoms with van der Waals surface area (Å²) in [5.74, 6) is -4.16. The van der Waals surface area contributed by atoms with Crippen molar-refractivity contribution in [3.63, 3.8) is 0 Å². The molecule has 0 saturated heterocycles. The van der Waals surface area contributed by atoms with Crippen LogP contribution < -0.4 is 5.73 Å². The van der Waals surface area contributed by atoms with Crippen LogP contribution in [-0.4, -0.2) is 11.8 Å². The smallest absolute Gasteiger partial charge is 0.450 e. The number of carbonyl (C=O) groups excluding carboxylic acids is 1. The van der Waals surface area contributed by atoms with Crippen LogP contribution in [-0.2, 0) is 17.2 Å². The standard InChI is InChI=1S/C20H11ClF6N2O3/c21-13-6-4-10(5-7-13)15-9-14(16(31-15)20(25,26)27)18(30)32-29-17(28)11-2-1-3-12(8-11)19(22,23)24/h1-9H,(H2,28,29). The van der Waals surface area contributed by atoms with Gasteiger partial charge in [0.2, 0.25) is 5.76 Å². The van der Waals surface area contributed by atoms with Crippen molar-refractivity contribution in [1.82, 2.24) is 0 Å². The fraction of sp³-hybridized carbons (Fsp3) is 0.100. The van der Waals surface area contributed by atoms with Gasteiger partial charge in [-0.1, -0.05) is 28.9 Å². The number of benzene rings is 2. The SMILES string of the molecule is N/C(=N/OC(=O)c1cc(-c2ccc(Cl)cc2)oc1C(F)(F)F)c1cccc(C(F)(F)F)c1. The normalized spacial score (nSPS) is 12.7. The minimum atomic E-state index is -5.05. The van der Waals surface area contributed by atoms with Crippen molar-refractivity contribution in [1.29, 1.82) is 0 Å². The molecule has 0 fully saturated rings. The average molecular weight is 477 g/mol. The first-order valence-electron chi connectivity index (χ1n) is 8.55. The van der Waals surface area contributed by atoms with Crippen LogP contribution in [0.3, 0.4) is 0 Å². The number of hydrogen-bond acceptors (Lipinski definition) is 4. The second-order valence-electron chi connectivity index (χ2n) is 6.29. The predicted molar refractivity (Wildman–Crippen MR) is 102 cm³/mol. The quantitative estimate of drug-likeness (QED) is 0.162. The Labute approximate surface area is 181 Å². The van der Waals surface area contributed by atoms with Crippen LogP contribution in [0.4, 0.5) is 26.3 Å². The molecule has 0 bridgehead atoms.